The fraction of sp³-hybridized carbons (Fsp3) is 0.429. The van der Waals surface area contributed by atoms with Crippen molar-refractivity contribution in [2.45, 2.75) is 25.3 Å². The van der Waals surface area contributed by atoms with E-state index in [-0.39, 0.29) is 10.7 Å². The number of amides is 2. The molecule has 7 nitrogen and oxygen atoms in total. The molecule has 2 amide bonds. The maximum atomic E-state index is 12.1. The third-order valence-corrected chi connectivity index (χ3v) is 3.66. The summed E-state index contributed by atoms with van der Waals surface area (Å²) >= 11 is 5.62. The van der Waals surface area contributed by atoms with Crippen molar-refractivity contribution in [3.8, 4) is 0 Å². The lowest BCUT2D eigenvalue weighted by molar-refractivity contribution is -0.143. The van der Waals surface area contributed by atoms with Crippen molar-refractivity contribution in [2.75, 3.05) is 13.2 Å². The van der Waals surface area contributed by atoms with Crippen molar-refractivity contribution in [1.82, 2.24) is 9.88 Å². The molecule has 2 rings (SSSR count). The second-order valence-electron chi connectivity index (χ2n) is 4.95. The van der Waals surface area contributed by atoms with Crippen molar-refractivity contribution in [3.63, 3.8) is 0 Å². The van der Waals surface area contributed by atoms with Gasteiger partial charge in [-0.2, -0.15) is 0 Å². The Kier molecular flexibility index (Phi) is 5.32. The van der Waals surface area contributed by atoms with Gasteiger partial charge in [0.25, 0.3) is 5.91 Å². The summed E-state index contributed by atoms with van der Waals surface area (Å²) in [6.07, 6.45) is 3.44. The highest BCUT2D eigenvalue weighted by molar-refractivity contribution is 6.29. The molecule has 22 heavy (non-hydrogen) atoms. The number of carbonyl (C=O) groups excluding carboxylic acids is 3. The van der Waals surface area contributed by atoms with Crippen molar-refractivity contribution >= 4 is 29.4 Å². The van der Waals surface area contributed by atoms with E-state index in [1.54, 1.807) is 0 Å². The molecule has 0 aromatic carbocycles. The zero-order valence-corrected chi connectivity index (χ0v) is 12.6. The predicted molar refractivity (Wildman–Crippen MR) is 78.1 cm³/mol. The van der Waals surface area contributed by atoms with E-state index in [2.05, 4.69) is 4.98 Å². The molecular formula is C14H16ClN3O4. The number of halogens is 1. The van der Waals surface area contributed by atoms with E-state index in [1.807, 2.05) is 0 Å². The Morgan fingerprint density at radius 1 is 1.36 bits per heavy atom. The van der Waals surface area contributed by atoms with Crippen LogP contribution in [0.4, 0.5) is 0 Å². The monoisotopic (exact) mass is 325 g/mol. The number of ether oxygens (including phenoxy) is 1. The fourth-order valence-electron chi connectivity index (χ4n) is 2.32. The zero-order valence-electron chi connectivity index (χ0n) is 11.8. The number of pyridine rings is 1. The summed E-state index contributed by atoms with van der Waals surface area (Å²) in [4.78, 5) is 40.4. The molecule has 0 bridgehead atoms. The highest BCUT2D eigenvalue weighted by Crippen LogP contribution is 2.17. The Morgan fingerprint density at radius 3 is 2.77 bits per heavy atom. The van der Waals surface area contributed by atoms with Crippen LogP contribution in [0, 0.1) is 0 Å². The van der Waals surface area contributed by atoms with E-state index in [1.165, 1.54) is 23.2 Å². The van der Waals surface area contributed by atoms with Crippen LogP contribution in [-0.2, 0) is 14.3 Å². The Labute approximate surface area is 132 Å². The molecule has 0 aliphatic carbocycles. The average Bonchev–Trinajstić information content (AvgIpc) is 2.53. The summed E-state index contributed by atoms with van der Waals surface area (Å²) in [7, 11) is 0. The van der Waals surface area contributed by atoms with E-state index in [0.29, 0.717) is 13.0 Å². The molecule has 1 aromatic rings. The second-order valence-corrected chi connectivity index (χ2v) is 5.33. The number of rotatable bonds is 4. The second kappa shape index (κ2) is 7.22. The summed E-state index contributed by atoms with van der Waals surface area (Å²) in [6, 6.07) is 2.28. The van der Waals surface area contributed by atoms with Crippen LogP contribution in [0.2, 0.25) is 5.15 Å². The third kappa shape index (κ3) is 3.94. The molecular weight excluding hydrogens is 310 g/mol. The van der Waals surface area contributed by atoms with Crippen molar-refractivity contribution in [2.24, 2.45) is 5.73 Å². The first-order valence-corrected chi connectivity index (χ1v) is 7.24. The normalized spacial score (nSPS) is 17.9. The highest BCUT2D eigenvalue weighted by Gasteiger charge is 2.31. The van der Waals surface area contributed by atoms with Gasteiger partial charge in [-0.05, 0) is 31.4 Å². The molecule has 0 radical (unpaired) electrons. The van der Waals surface area contributed by atoms with Crippen molar-refractivity contribution in [1.29, 1.82) is 0 Å². The fourth-order valence-corrected chi connectivity index (χ4v) is 2.43. The Balaban J connectivity index is 1.92. The third-order valence-electron chi connectivity index (χ3n) is 3.44. The van der Waals surface area contributed by atoms with Crippen LogP contribution < -0.4 is 5.73 Å². The van der Waals surface area contributed by atoms with Gasteiger partial charge in [-0.3, -0.25) is 9.59 Å². The standard InChI is InChI=1S/C14H16ClN3O4/c15-11-5-4-9(7-17-11)14(21)22-8-12(19)18-6-2-1-3-10(18)13(16)20/h4-5,7,10H,1-3,6,8H2,(H2,16,20)/t10-/m1/s1. The van der Waals surface area contributed by atoms with Gasteiger partial charge in [0.05, 0.1) is 5.56 Å². The molecule has 1 fully saturated rings. The maximum Gasteiger partial charge on any atom is 0.340 e. The molecule has 1 aromatic heterocycles. The Bertz CT molecular complexity index is 576. The van der Waals surface area contributed by atoms with Crippen LogP contribution in [0.25, 0.3) is 0 Å². The molecule has 1 atom stereocenters. The first-order valence-electron chi connectivity index (χ1n) is 6.86. The van der Waals surface area contributed by atoms with Crippen molar-refractivity contribution < 1.29 is 19.1 Å². The molecule has 1 aliphatic heterocycles. The zero-order chi connectivity index (χ0) is 16.1. The number of aromatic nitrogens is 1. The Morgan fingerprint density at radius 2 is 2.14 bits per heavy atom. The summed E-state index contributed by atoms with van der Waals surface area (Å²) < 4.78 is 4.95. The highest BCUT2D eigenvalue weighted by atomic mass is 35.5. The number of esters is 1. The largest absolute Gasteiger partial charge is 0.452 e. The maximum absolute atomic E-state index is 12.1. The number of nitrogens with zero attached hydrogens (tertiary/aromatic N) is 2. The van der Waals surface area contributed by atoms with E-state index in [9.17, 15) is 14.4 Å². The van der Waals surface area contributed by atoms with Gasteiger partial charge in [0.2, 0.25) is 5.91 Å². The van der Waals surface area contributed by atoms with Gasteiger partial charge in [0.1, 0.15) is 11.2 Å². The van der Waals surface area contributed by atoms with Crippen LogP contribution in [0.15, 0.2) is 18.3 Å². The average molecular weight is 326 g/mol. The summed E-state index contributed by atoms with van der Waals surface area (Å²) in [6.45, 7) is -0.00225. The molecule has 1 aliphatic rings. The smallest absolute Gasteiger partial charge is 0.340 e. The SMILES string of the molecule is NC(=O)[C@H]1CCCCN1C(=O)COC(=O)c1ccc(Cl)nc1. The molecule has 0 unspecified atom stereocenters. The number of piperidine rings is 1. The van der Waals surface area contributed by atoms with E-state index in [0.717, 1.165) is 12.8 Å². The lowest BCUT2D eigenvalue weighted by Gasteiger charge is -2.33. The van der Waals surface area contributed by atoms with Crippen LogP contribution in [0.1, 0.15) is 29.6 Å². The van der Waals surface area contributed by atoms with Gasteiger partial charge in [-0.25, -0.2) is 9.78 Å². The van der Waals surface area contributed by atoms with Gasteiger partial charge in [0.15, 0.2) is 6.61 Å². The predicted octanol–water partition coefficient (Wildman–Crippen LogP) is 0.758. The molecule has 2 N–H and O–H groups in total. The van der Waals surface area contributed by atoms with E-state index < -0.39 is 30.4 Å². The molecule has 0 saturated carbocycles. The minimum Gasteiger partial charge on any atom is -0.452 e. The molecule has 0 spiro atoms. The number of carbonyl (C=O) groups is 3. The Hall–Kier alpha value is -2.15. The van der Waals surface area contributed by atoms with Crippen LogP contribution in [0.3, 0.4) is 0 Å². The number of primary amides is 1. The van der Waals surface area contributed by atoms with Crippen LogP contribution >= 0.6 is 11.6 Å². The van der Waals surface area contributed by atoms with Gasteiger partial charge < -0.3 is 15.4 Å². The van der Waals surface area contributed by atoms with E-state index >= 15 is 0 Å². The first-order chi connectivity index (χ1) is 10.5. The van der Waals surface area contributed by atoms with E-state index in [4.69, 9.17) is 22.1 Å². The lowest BCUT2D eigenvalue weighted by Crippen LogP contribution is -2.51. The first kappa shape index (κ1) is 16.2. The van der Waals surface area contributed by atoms with Gasteiger partial charge >= 0.3 is 5.97 Å². The van der Waals surface area contributed by atoms with Crippen LogP contribution in [-0.4, -0.2) is 46.9 Å². The molecule has 118 valence electrons. The summed E-state index contributed by atoms with van der Waals surface area (Å²) in [5.74, 6) is -1.65. The number of hydrogen-bond acceptors (Lipinski definition) is 5. The molecule has 1 saturated heterocycles. The van der Waals surface area contributed by atoms with Gasteiger partial charge in [0, 0.05) is 12.7 Å². The number of nitrogens with two attached hydrogens (primary N) is 1. The summed E-state index contributed by atoms with van der Waals surface area (Å²) in [5.41, 5.74) is 5.49. The lowest BCUT2D eigenvalue weighted by atomic mass is 10.0. The summed E-state index contributed by atoms with van der Waals surface area (Å²) in [5, 5.41) is 0.255. The molecule has 2 heterocycles. The van der Waals surface area contributed by atoms with Crippen LogP contribution in [0.5, 0.6) is 0 Å². The number of hydrogen-bond donors (Lipinski definition) is 1. The topological polar surface area (TPSA) is 103 Å². The molecule has 8 heteroatoms. The number of likely N-dealkylation sites (tertiary alicyclic amines) is 1. The van der Waals surface area contributed by atoms with Gasteiger partial charge in [-0.15, -0.1) is 0 Å². The van der Waals surface area contributed by atoms with Crippen molar-refractivity contribution in [3.05, 3.63) is 29.0 Å². The van der Waals surface area contributed by atoms with Gasteiger partial charge in [-0.1, -0.05) is 11.6 Å². The minimum atomic E-state index is -0.676. The minimum absolute atomic E-state index is 0.197. The quantitative estimate of drug-likeness (QED) is 0.650.